The van der Waals surface area contributed by atoms with Crippen LogP contribution in [0.5, 0.6) is 5.75 Å². The summed E-state index contributed by atoms with van der Waals surface area (Å²) in [5, 5.41) is 7.08. The van der Waals surface area contributed by atoms with Crippen LogP contribution < -0.4 is 21.3 Å². The highest BCUT2D eigenvalue weighted by Crippen LogP contribution is 2.33. The summed E-state index contributed by atoms with van der Waals surface area (Å²) in [7, 11) is 0. The van der Waals surface area contributed by atoms with Crippen molar-refractivity contribution in [3.63, 3.8) is 0 Å². The lowest BCUT2D eigenvalue weighted by Gasteiger charge is -2.09. The number of aromatic nitrogens is 2. The van der Waals surface area contributed by atoms with Crippen molar-refractivity contribution in [3.05, 3.63) is 63.8 Å². The fraction of sp³-hybridized carbons (Fsp3) is 0.100. The van der Waals surface area contributed by atoms with Crippen LogP contribution in [0.2, 0.25) is 0 Å². The SMILES string of the molecule is NC(=O)COc1cccc(NC(=O)Cn2cnc3scc(-c4cccs4)c3c2=O)c1. The Morgan fingerprint density at radius 1 is 1.20 bits per heavy atom. The largest absolute Gasteiger partial charge is 0.484 e. The van der Waals surface area contributed by atoms with E-state index in [4.69, 9.17) is 10.5 Å². The second kappa shape index (κ2) is 8.47. The van der Waals surface area contributed by atoms with Gasteiger partial charge in [-0.3, -0.25) is 19.0 Å². The van der Waals surface area contributed by atoms with Gasteiger partial charge in [0.1, 0.15) is 17.1 Å². The quantitative estimate of drug-likeness (QED) is 0.458. The molecule has 0 fully saturated rings. The average Bonchev–Trinajstić information content (AvgIpc) is 3.38. The molecule has 30 heavy (non-hydrogen) atoms. The molecule has 0 atom stereocenters. The number of hydrogen-bond acceptors (Lipinski definition) is 7. The number of carbonyl (C=O) groups is 2. The summed E-state index contributed by atoms with van der Waals surface area (Å²) < 4.78 is 6.51. The minimum absolute atomic E-state index is 0.187. The standard InChI is InChI=1S/C20H16N4O4S2/c21-16(25)9-28-13-4-1-3-12(7-13)23-17(26)8-24-11-22-19-18(20(24)27)14(10-30-19)15-5-2-6-29-15/h1-7,10-11H,8-9H2,(H2,21,25)(H,23,26). The molecule has 0 aliphatic heterocycles. The van der Waals surface area contributed by atoms with E-state index in [9.17, 15) is 14.4 Å². The number of benzene rings is 1. The summed E-state index contributed by atoms with van der Waals surface area (Å²) >= 11 is 2.94. The van der Waals surface area contributed by atoms with Crippen molar-refractivity contribution >= 4 is 50.4 Å². The number of carbonyl (C=O) groups excluding carboxylic acids is 2. The van der Waals surface area contributed by atoms with E-state index in [0.717, 1.165) is 10.4 Å². The number of hydrogen-bond donors (Lipinski definition) is 2. The van der Waals surface area contributed by atoms with Gasteiger partial charge < -0.3 is 15.8 Å². The van der Waals surface area contributed by atoms with Gasteiger partial charge in [-0.2, -0.15) is 0 Å². The number of ether oxygens (including phenoxy) is 1. The van der Waals surface area contributed by atoms with E-state index in [2.05, 4.69) is 10.3 Å². The first-order valence-corrected chi connectivity index (χ1v) is 10.6. The summed E-state index contributed by atoms with van der Waals surface area (Å²) in [4.78, 5) is 42.3. The van der Waals surface area contributed by atoms with Crippen LogP contribution in [0.25, 0.3) is 20.7 Å². The van der Waals surface area contributed by atoms with Gasteiger partial charge in [0, 0.05) is 27.6 Å². The first kappa shape index (κ1) is 19.8. The zero-order chi connectivity index (χ0) is 21.1. The van der Waals surface area contributed by atoms with Gasteiger partial charge in [-0.15, -0.1) is 22.7 Å². The molecule has 0 saturated heterocycles. The van der Waals surface area contributed by atoms with E-state index in [1.54, 1.807) is 35.6 Å². The summed E-state index contributed by atoms with van der Waals surface area (Å²) in [6.45, 7) is -0.445. The molecule has 0 spiro atoms. The van der Waals surface area contributed by atoms with Crippen molar-refractivity contribution in [3.8, 4) is 16.2 Å². The summed E-state index contributed by atoms with van der Waals surface area (Å²) in [5.74, 6) is -0.592. The molecule has 3 aromatic heterocycles. The van der Waals surface area contributed by atoms with Gasteiger partial charge in [-0.05, 0) is 23.6 Å². The summed E-state index contributed by atoms with van der Waals surface area (Å²) in [6.07, 6.45) is 1.38. The molecule has 0 unspecified atom stereocenters. The van der Waals surface area contributed by atoms with Crippen LogP contribution in [0.3, 0.4) is 0 Å². The molecule has 0 saturated carbocycles. The molecular formula is C20H16N4O4S2. The van der Waals surface area contributed by atoms with Crippen LogP contribution in [0, 0.1) is 0 Å². The number of fused-ring (bicyclic) bond motifs is 1. The Kier molecular flexibility index (Phi) is 5.59. The van der Waals surface area contributed by atoms with Crippen molar-refractivity contribution < 1.29 is 14.3 Å². The van der Waals surface area contributed by atoms with Gasteiger partial charge in [0.05, 0.1) is 11.7 Å². The Bertz CT molecular complexity index is 1280. The second-order valence-corrected chi connectivity index (χ2v) is 8.12. The Morgan fingerprint density at radius 3 is 2.83 bits per heavy atom. The van der Waals surface area contributed by atoms with Crippen LogP contribution in [-0.4, -0.2) is 28.0 Å². The van der Waals surface area contributed by atoms with E-state index >= 15 is 0 Å². The molecule has 152 valence electrons. The van der Waals surface area contributed by atoms with Gasteiger partial charge in [-0.25, -0.2) is 4.98 Å². The fourth-order valence-electron chi connectivity index (χ4n) is 2.87. The van der Waals surface area contributed by atoms with E-state index in [1.807, 2.05) is 22.9 Å². The molecule has 4 rings (SSSR count). The number of rotatable bonds is 7. The minimum Gasteiger partial charge on any atom is -0.484 e. The van der Waals surface area contributed by atoms with Crippen LogP contribution >= 0.6 is 22.7 Å². The normalized spacial score (nSPS) is 10.8. The number of amides is 2. The lowest BCUT2D eigenvalue weighted by atomic mass is 10.2. The second-order valence-electron chi connectivity index (χ2n) is 6.32. The molecule has 0 aliphatic carbocycles. The van der Waals surface area contributed by atoms with Crippen molar-refractivity contribution in [2.24, 2.45) is 5.73 Å². The lowest BCUT2D eigenvalue weighted by molar-refractivity contribution is -0.120. The Balaban J connectivity index is 1.53. The van der Waals surface area contributed by atoms with E-state index < -0.39 is 11.8 Å². The van der Waals surface area contributed by atoms with E-state index in [1.165, 1.54) is 22.2 Å². The van der Waals surface area contributed by atoms with Gasteiger partial charge in [0.15, 0.2) is 6.61 Å². The highest BCUT2D eigenvalue weighted by molar-refractivity contribution is 7.18. The molecule has 1 aromatic carbocycles. The number of nitrogens with zero attached hydrogens (tertiary/aromatic N) is 2. The average molecular weight is 441 g/mol. The number of anilines is 1. The first-order valence-electron chi connectivity index (χ1n) is 8.83. The number of thiophene rings is 2. The van der Waals surface area contributed by atoms with Crippen molar-refractivity contribution in [1.82, 2.24) is 9.55 Å². The summed E-state index contributed by atoms with van der Waals surface area (Å²) in [5.41, 5.74) is 6.10. The Labute approximate surface area is 178 Å². The molecule has 2 amide bonds. The first-order chi connectivity index (χ1) is 14.5. The fourth-order valence-corrected chi connectivity index (χ4v) is 4.59. The van der Waals surface area contributed by atoms with Gasteiger partial charge in [0.25, 0.3) is 11.5 Å². The topological polar surface area (TPSA) is 116 Å². The molecule has 0 bridgehead atoms. The third-order valence-electron chi connectivity index (χ3n) is 4.16. The highest BCUT2D eigenvalue weighted by Gasteiger charge is 2.15. The number of nitrogens with two attached hydrogens (primary N) is 1. The Morgan fingerprint density at radius 2 is 2.07 bits per heavy atom. The summed E-state index contributed by atoms with van der Waals surface area (Å²) in [6, 6.07) is 10.4. The zero-order valence-corrected chi connectivity index (χ0v) is 17.2. The predicted molar refractivity (Wildman–Crippen MR) is 117 cm³/mol. The molecule has 8 nitrogen and oxygen atoms in total. The lowest BCUT2D eigenvalue weighted by Crippen LogP contribution is -2.27. The van der Waals surface area contributed by atoms with Crippen molar-refractivity contribution in [2.75, 3.05) is 11.9 Å². The van der Waals surface area contributed by atoms with Gasteiger partial charge >= 0.3 is 0 Å². The van der Waals surface area contributed by atoms with Gasteiger partial charge in [-0.1, -0.05) is 12.1 Å². The zero-order valence-electron chi connectivity index (χ0n) is 15.5. The predicted octanol–water partition coefficient (Wildman–Crippen LogP) is 2.69. The number of primary amides is 1. The monoisotopic (exact) mass is 440 g/mol. The molecule has 4 aromatic rings. The third-order valence-corrected chi connectivity index (χ3v) is 5.95. The molecule has 3 N–H and O–H groups in total. The molecule has 0 aliphatic rings. The van der Waals surface area contributed by atoms with Crippen LogP contribution in [0.4, 0.5) is 5.69 Å². The molecule has 0 radical (unpaired) electrons. The smallest absolute Gasteiger partial charge is 0.263 e. The maximum absolute atomic E-state index is 13.0. The van der Waals surface area contributed by atoms with Crippen molar-refractivity contribution in [1.29, 1.82) is 0 Å². The minimum atomic E-state index is -0.595. The van der Waals surface area contributed by atoms with Crippen molar-refractivity contribution in [2.45, 2.75) is 6.54 Å². The maximum atomic E-state index is 13.0. The third kappa shape index (κ3) is 4.24. The number of nitrogens with one attached hydrogen (secondary N) is 1. The Hall–Kier alpha value is -3.50. The molecular weight excluding hydrogens is 424 g/mol. The van der Waals surface area contributed by atoms with Crippen LogP contribution in [0.15, 0.2) is 58.3 Å². The highest BCUT2D eigenvalue weighted by atomic mass is 32.1. The maximum Gasteiger partial charge on any atom is 0.263 e. The van der Waals surface area contributed by atoms with E-state index in [-0.39, 0.29) is 18.7 Å². The van der Waals surface area contributed by atoms with Crippen LogP contribution in [-0.2, 0) is 16.1 Å². The van der Waals surface area contributed by atoms with E-state index in [0.29, 0.717) is 21.7 Å². The molecule has 10 heteroatoms. The van der Waals surface area contributed by atoms with Gasteiger partial charge in [0.2, 0.25) is 5.91 Å². The molecule has 3 heterocycles. The van der Waals surface area contributed by atoms with Crippen LogP contribution in [0.1, 0.15) is 0 Å².